The SMILES string of the molecule is COc1cc(/C=C/C(=O)Nc2ccc(C(N)=O)c(C)c2)ccc1OCc1c(C)noc1C. The van der Waals surface area contributed by atoms with E-state index in [0.29, 0.717) is 40.7 Å². The van der Waals surface area contributed by atoms with Crippen LogP contribution < -0.4 is 20.5 Å². The first-order valence-electron chi connectivity index (χ1n) is 9.90. The summed E-state index contributed by atoms with van der Waals surface area (Å²) in [5.74, 6) is 1.00. The predicted molar refractivity (Wildman–Crippen MR) is 121 cm³/mol. The highest BCUT2D eigenvalue weighted by Crippen LogP contribution is 2.30. The van der Waals surface area contributed by atoms with Gasteiger partial charge in [-0.1, -0.05) is 11.2 Å². The third-order valence-corrected chi connectivity index (χ3v) is 4.93. The maximum Gasteiger partial charge on any atom is 0.248 e. The first kappa shape index (κ1) is 22.6. The molecule has 1 heterocycles. The fourth-order valence-electron chi connectivity index (χ4n) is 3.14. The fourth-order valence-corrected chi connectivity index (χ4v) is 3.14. The number of rotatable bonds is 8. The molecule has 8 heteroatoms. The summed E-state index contributed by atoms with van der Waals surface area (Å²) in [6.45, 7) is 5.76. The monoisotopic (exact) mass is 435 g/mol. The van der Waals surface area contributed by atoms with Crippen molar-refractivity contribution < 1.29 is 23.6 Å². The number of nitrogens with two attached hydrogens (primary N) is 1. The number of primary amides is 1. The molecule has 2 amide bonds. The Morgan fingerprint density at radius 3 is 2.53 bits per heavy atom. The van der Waals surface area contributed by atoms with E-state index in [-0.39, 0.29) is 5.91 Å². The molecule has 0 radical (unpaired) electrons. The molecule has 1 aromatic heterocycles. The minimum atomic E-state index is -0.506. The second-order valence-corrected chi connectivity index (χ2v) is 7.22. The summed E-state index contributed by atoms with van der Waals surface area (Å²) in [6.07, 6.45) is 3.08. The van der Waals surface area contributed by atoms with Crippen LogP contribution in [0.5, 0.6) is 11.5 Å². The highest BCUT2D eigenvalue weighted by Gasteiger charge is 2.12. The molecular formula is C24H25N3O5. The number of anilines is 1. The molecule has 0 spiro atoms. The van der Waals surface area contributed by atoms with Crippen molar-refractivity contribution in [3.63, 3.8) is 0 Å². The molecule has 32 heavy (non-hydrogen) atoms. The molecule has 3 N–H and O–H groups in total. The number of nitrogens with zero attached hydrogens (tertiary/aromatic N) is 1. The van der Waals surface area contributed by atoms with Crippen molar-refractivity contribution in [2.45, 2.75) is 27.4 Å². The number of carbonyl (C=O) groups is 2. The molecule has 0 fully saturated rings. The predicted octanol–water partition coefficient (Wildman–Crippen LogP) is 3.94. The first-order chi connectivity index (χ1) is 15.3. The Kier molecular flexibility index (Phi) is 6.94. The highest BCUT2D eigenvalue weighted by atomic mass is 16.5. The topological polar surface area (TPSA) is 117 Å². The van der Waals surface area contributed by atoms with Gasteiger partial charge in [0, 0.05) is 17.3 Å². The number of amides is 2. The van der Waals surface area contributed by atoms with E-state index in [0.717, 1.165) is 16.8 Å². The van der Waals surface area contributed by atoms with Crippen LogP contribution in [0.4, 0.5) is 5.69 Å². The van der Waals surface area contributed by atoms with Crippen LogP contribution >= 0.6 is 0 Å². The van der Waals surface area contributed by atoms with Crippen molar-refractivity contribution in [2.75, 3.05) is 12.4 Å². The van der Waals surface area contributed by atoms with Crippen LogP contribution in [0.15, 0.2) is 47.0 Å². The van der Waals surface area contributed by atoms with Crippen LogP contribution in [0.25, 0.3) is 6.08 Å². The van der Waals surface area contributed by atoms with Gasteiger partial charge in [0.25, 0.3) is 0 Å². The second-order valence-electron chi connectivity index (χ2n) is 7.22. The van der Waals surface area contributed by atoms with Gasteiger partial charge in [-0.15, -0.1) is 0 Å². The van der Waals surface area contributed by atoms with Gasteiger partial charge in [-0.25, -0.2) is 0 Å². The van der Waals surface area contributed by atoms with Crippen molar-refractivity contribution >= 4 is 23.6 Å². The van der Waals surface area contributed by atoms with Crippen LogP contribution in [0.2, 0.25) is 0 Å². The molecule has 3 rings (SSSR count). The van der Waals surface area contributed by atoms with Gasteiger partial charge in [0.05, 0.1) is 18.4 Å². The molecule has 0 bridgehead atoms. The Bertz CT molecular complexity index is 1160. The molecule has 0 unspecified atom stereocenters. The summed E-state index contributed by atoms with van der Waals surface area (Å²) in [7, 11) is 1.55. The number of carbonyl (C=O) groups excluding carboxylic acids is 2. The number of aromatic nitrogens is 1. The average Bonchev–Trinajstić information content (AvgIpc) is 3.08. The molecule has 0 saturated carbocycles. The summed E-state index contributed by atoms with van der Waals surface area (Å²) < 4.78 is 16.4. The lowest BCUT2D eigenvalue weighted by atomic mass is 10.1. The molecule has 0 aliphatic rings. The number of hydrogen-bond donors (Lipinski definition) is 2. The zero-order valence-electron chi connectivity index (χ0n) is 18.4. The lowest BCUT2D eigenvalue weighted by molar-refractivity contribution is -0.111. The van der Waals surface area contributed by atoms with Crippen LogP contribution in [-0.2, 0) is 11.4 Å². The van der Waals surface area contributed by atoms with Gasteiger partial charge in [-0.3, -0.25) is 9.59 Å². The summed E-state index contributed by atoms with van der Waals surface area (Å²) in [4.78, 5) is 23.6. The zero-order chi connectivity index (χ0) is 23.3. The number of hydrogen-bond acceptors (Lipinski definition) is 6. The number of benzene rings is 2. The van der Waals surface area contributed by atoms with Crippen molar-refractivity contribution in [1.82, 2.24) is 5.16 Å². The van der Waals surface area contributed by atoms with Gasteiger partial charge in [0.1, 0.15) is 12.4 Å². The number of aryl methyl sites for hydroxylation is 3. The van der Waals surface area contributed by atoms with Gasteiger partial charge < -0.3 is 25.0 Å². The van der Waals surface area contributed by atoms with Crippen LogP contribution in [0.1, 0.15) is 38.5 Å². The van der Waals surface area contributed by atoms with E-state index in [2.05, 4.69) is 10.5 Å². The Balaban J connectivity index is 1.66. The molecule has 166 valence electrons. The summed E-state index contributed by atoms with van der Waals surface area (Å²) in [6, 6.07) is 10.3. The van der Waals surface area contributed by atoms with E-state index in [1.807, 2.05) is 19.9 Å². The maximum atomic E-state index is 12.3. The van der Waals surface area contributed by atoms with Crippen LogP contribution in [0.3, 0.4) is 0 Å². The Hall–Kier alpha value is -4.07. The Labute approximate surface area is 186 Å². The fraction of sp³-hybridized carbons (Fsp3) is 0.208. The summed E-state index contributed by atoms with van der Waals surface area (Å²) in [5.41, 5.74) is 9.43. The number of nitrogens with one attached hydrogen (secondary N) is 1. The average molecular weight is 435 g/mol. The van der Waals surface area contributed by atoms with Crippen molar-refractivity contribution in [1.29, 1.82) is 0 Å². The molecule has 2 aromatic carbocycles. The van der Waals surface area contributed by atoms with Gasteiger partial charge in [0.15, 0.2) is 11.5 Å². The molecule has 0 saturated heterocycles. The van der Waals surface area contributed by atoms with E-state index in [1.54, 1.807) is 50.4 Å². The minimum absolute atomic E-state index is 0.309. The van der Waals surface area contributed by atoms with Gasteiger partial charge in [-0.2, -0.15) is 0 Å². The zero-order valence-corrected chi connectivity index (χ0v) is 18.4. The van der Waals surface area contributed by atoms with Crippen molar-refractivity contribution in [2.24, 2.45) is 5.73 Å². The molecule has 0 atom stereocenters. The molecule has 8 nitrogen and oxygen atoms in total. The first-order valence-corrected chi connectivity index (χ1v) is 9.90. The van der Waals surface area contributed by atoms with Gasteiger partial charge in [0.2, 0.25) is 11.8 Å². The normalized spacial score (nSPS) is 10.9. The number of ether oxygens (including phenoxy) is 2. The molecular weight excluding hydrogens is 410 g/mol. The Morgan fingerprint density at radius 2 is 1.91 bits per heavy atom. The largest absolute Gasteiger partial charge is 0.493 e. The van der Waals surface area contributed by atoms with Crippen molar-refractivity contribution in [3.8, 4) is 11.5 Å². The molecule has 0 aliphatic heterocycles. The Morgan fingerprint density at radius 1 is 1.12 bits per heavy atom. The summed E-state index contributed by atoms with van der Waals surface area (Å²) >= 11 is 0. The maximum absolute atomic E-state index is 12.3. The van der Waals surface area contributed by atoms with E-state index in [1.165, 1.54) is 6.08 Å². The minimum Gasteiger partial charge on any atom is -0.493 e. The van der Waals surface area contributed by atoms with Crippen molar-refractivity contribution in [3.05, 3.63) is 76.2 Å². The van der Waals surface area contributed by atoms with E-state index in [4.69, 9.17) is 19.7 Å². The van der Waals surface area contributed by atoms with Gasteiger partial charge >= 0.3 is 0 Å². The quantitative estimate of drug-likeness (QED) is 0.518. The smallest absolute Gasteiger partial charge is 0.248 e. The third kappa shape index (κ3) is 5.34. The van der Waals surface area contributed by atoms with Gasteiger partial charge in [-0.05, 0) is 68.3 Å². The van der Waals surface area contributed by atoms with E-state index < -0.39 is 5.91 Å². The van der Waals surface area contributed by atoms with Crippen LogP contribution in [0, 0.1) is 20.8 Å². The lowest BCUT2D eigenvalue weighted by Gasteiger charge is -2.11. The number of methoxy groups -OCH3 is 1. The third-order valence-electron chi connectivity index (χ3n) is 4.93. The summed E-state index contributed by atoms with van der Waals surface area (Å²) in [5, 5.41) is 6.68. The second kappa shape index (κ2) is 9.82. The lowest BCUT2D eigenvalue weighted by Crippen LogP contribution is -2.13. The molecule has 0 aliphatic carbocycles. The van der Waals surface area contributed by atoms with E-state index in [9.17, 15) is 9.59 Å². The van der Waals surface area contributed by atoms with E-state index >= 15 is 0 Å². The molecule has 3 aromatic rings. The van der Waals surface area contributed by atoms with Crippen LogP contribution in [-0.4, -0.2) is 24.1 Å². The highest BCUT2D eigenvalue weighted by molar-refractivity contribution is 6.02. The standard InChI is InChI=1S/C24H25N3O5/c1-14-11-18(7-8-19(14)24(25)29)26-23(28)10-6-17-5-9-21(22(12-17)30-4)31-13-20-15(2)27-32-16(20)3/h5-12H,13H2,1-4H3,(H2,25,29)(H,26,28)/b10-6+.